The zero-order chi connectivity index (χ0) is 14.6. The molecule has 0 heterocycles. The third-order valence-corrected chi connectivity index (χ3v) is 4.44. The Morgan fingerprint density at radius 1 is 0.526 bits per heavy atom. The molecule has 0 radical (unpaired) electrons. The van der Waals surface area contributed by atoms with Gasteiger partial charge < -0.3 is 0 Å². The second-order valence-electron chi connectivity index (χ2n) is 5.15. The smallest absolute Gasteiger partial charge is 0.0108 e. The maximum absolute atomic E-state index is 4.64. The summed E-state index contributed by atoms with van der Waals surface area (Å²) in [4.78, 5) is 0. The van der Waals surface area contributed by atoms with E-state index in [0.29, 0.717) is 0 Å². The van der Waals surface area contributed by atoms with Gasteiger partial charge in [-0.25, -0.2) is 0 Å². The van der Waals surface area contributed by atoms with Crippen LogP contribution >= 0.6 is 23.4 Å². The highest BCUT2D eigenvalue weighted by atomic mass is 35.5. The monoisotopic (exact) mass is 308 g/mol. The minimum absolute atomic E-state index is 1.37. The van der Waals surface area contributed by atoms with Gasteiger partial charge in [0.25, 0.3) is 0 Å². The van der Waals surface area contributed by atoms with Gasteiger partial charge in [-0.2, -0.15) is 11.8 Å². The zero-order valence-corrected chi connectivity index (χ0v) is 15.3. The minimum Gasteiger partial charge on any atom is -0.162 e. The molecule has 0 amide bonds. The van der Waals surface area contributed by atoms with Crippen molar-refractivity contribution < 1.29 is 0 Å². The highest BCUT2D eigenvalue weighted by molar-refractivity contribution is 7.99. The molecule has 0 unspecified atom stereocenters. The van der Waals surface area contributed by atoms with E-state index in [1.165, 1.54) is 94.9 Å². The SMILES string of the molecule is CCCCCCCCSCCCCCCCC.CCl. The van der Waals surface area contributed by atoms with Crippen molar-refractivity contribution in [3.8, 4) is 0 Å². The Labute approximate surface area is 132 Å². The Kier molecular flexibility index (Phi) is 27.4. The number of hydrogen-bond donors (Lipinski definition) is 0. The molecule has 0 saturated carbocycles. The first-order valence-electron chi connectivity index (χ1n) is 8.37. The molecule has 118 valence electrons. The minimum atomic E-state index is 1.37. The summed E-state index contributed by atoms with van der Waals surface area (Å²) in [6.07, 6.45) is 18.7. The van der Waals surface area contributed by atoms with Gasteiger partial charge in [-0.05, 0) is 24.3 Å². The fraction of sp³-hybridized carbons (Fsp3) is 1.00. The molecule has 0 saturated heterocycles. The largest absolute Gasteiger partial charge is 0.162 e. The molecule has 0 N–H and O–H groups in total. The molecule has 0 spiro atoms. The van der Waals surface area contributed by atoms with Crippen LogP contribution in [0, 0.1) is 0 Å². The standard InChI is InChI=1S/C16H34S.CH3Cl/c1-3-5-7-9-11-13-15-17-16-14-12-10-8-6-4-2;1-2/h3-16H2,1-2H3;1H3. The lowest BCUT2D eigenvalue weighted by Crippen LogP contribution is -1.86. The van der Waals surface area contributed by atoms with Crippen molar-refractivity contribution in [3.05, 3.63) is 0 Å². The predicted molar refractivity (Wildman–Crippen MR) is 95.9 cm³/mol. The second-order valence-corrected chi connectivity index (χ2v) is 6.37. The van der Waals surface area contributed by atoms with Gasteiger partial charge in [0.05, 0.1) is 0 Å². The summed E-state index contributed by atoms with van der Waals surface area (Å²) in [5.41, 5.74) is 0. The molecule has 2 heteroatoms. The molecule has 0 aliphatic heterocycles. The summed E-state index contributed by atoms with van der Waals surface area (Å²) in [5.74, 6) is 2.81. The molecule has 0 aromatic heterocycles. The van der Waals surface area contributed by atoms with Crippen molar-refractivity contribution in [3.63, 3.8) is 0 Å². The highest BCUT2D eigenvalue weighted by Gasteiger charge is 1.93. The summed E-state index contributed by atoms with van der Waals surface area (Å²) in [7, 11) is 0. The van der Waals surface area contributed by atoms with Gasteiger partial charge >= 0.3 is 0 Å². The third kappa shape index (κ3) is 24.1. The number of unbranched alkanes of at least 4 members (excludes halogenated alkanes) is 10. The normalized spacial score (nSPS) is 10.1. The van der Waals surface area contributed by atoms with E-state index < -0.39 is 0 Å². The fourth-order valence-electron chi connectivity index (χ4n) is 2.07. The van der Waals surface area contributed by atoms with Crippen LogP contribution in [-0.2, 0) is 0 Å². The lowest BCUT2D eigenvalue weighted by atomic mass is 10.1. The Morgan fingerprint density at radius 3 is 1.21 bits per heavy atom. The summed E-state index contributed by atoms with van der Waals surface area (Å²) in [6, 6.07) is 0. The molecule has 0 rings (SSSR count). The Hall–Kier alpha value is 0.640. The number of alkyl halides is 1. The van der Waals surface area contributed by atoms with Crippen LogP contribution < -0.4 is 0 Å². The van der Waals surface area contributed by atoms with Crippen molar-refractivity contribution in [1.82, 2.24) is 0 Å². The van der Waals surface area contributed by atoms with Gasteiger partial charge in [0.1, 0.15) is 0 Å². The number of halogens is 1. The number of rotatable bonds is 14. The Bertz CT molecular complexity index is 114. The maximum atomic E-state index is 4.64. The average molecular weight is 309 g/mol. The van der Waals surface area contributed by atoms with Crippen LogP contribution in [0.1, 0.15) is 90.9 Å². The molecule has 0 aliphatic rings. The van der Waals surface area contributed by atoms with Crippen molar-refractivity contribution in [2.75, 3.05) is 17.9 Å². The summed E-state index contributed by atoms with van der Waals surface area (Å²) >= 11 is 6.82. The Balaban J connectivity index is 0. The molecular weight excluding hydrogens is 272 g/mol. The van der Waals surface area contributed by atoms with E-state index in [0.717, 1.165) is 0 Å². The van der Waals surface area contributed by atoms with Gasteiger partial charge in [-0.3, -0.25) is 0 Å². The van der Waals surface area contributed by atoms with Crippen LogP contribution in [0.15, 0.2) is 0 Å². The van der Waals surface area contributed by atoms with Crippen molar-refractivity contribution in [2.45, 2.75) is 90.9 Å². The van der Waals surface area contributed by atoms with E-state index in [9.17, 15) is 0 Å². The summed E-state index contributed by atoms with van der Waals surface area (Å²) in [5, 5.41) is 0. The molecule has 0 bridgehead atoms. The molecule has 0 fully saturated rings. The van der Waals surface area contributed by atoms with Crippen LogP contribution in [0.25, 0.3) is 0 Å². The quantitative estimate of drug-likeness (QED) is 0.240. The zero-order valence-electron chi connectivity index (χ0n) is 13.7. The highest BCUT2D eigenvalue weighted by Crippen LogP contribution is 2.13. The van der Waals surface area contributed by atoms with Crippen LogP contribution in [0.2, 0.25) is 0 Å². The van der Waals surface area contributed by atoms with Gasteiger partial charge in [-0.15, -0.1) is 11.6 Å². The van der Waals surface area contributed by atoms with Gasteiger partial charge in [-0.1, -0.05) is 78.1 Å². The van der Waals surface area contributed by atoms with Crippen molar-refractivity contribution in [2.24, 2.45) is 0 Å². The van der Waals surface area contributed by atoms with E-state index in [1.54, 1.807) is 0 Å². The predicted octanol–water partition coefficient (Wildman–Crippen LogP) is 7.30. The number of hydrogen-bond acceptors (Lipinski definition) is 1. The average Bonchev–Trinajstić information content (AvgIpc) is 2.46. The lowest BCUT2D eigenvalue weighted by Gasteiger charge is -2.02. The van der Waals surface area contributed by atoms with Crippen molar-refractivity contribution in [1.29, 1.82) is 0 Å². The van der Waals surface area contributed by atoms with Crippen LogP contribution in [-0.4, -0.2) is 17.9 Å². The van der Waals surface area contributed by atoms with Gasteiger partial charge in [0.15, 0.2) is 0 Å². The number of thioether (sulfide) groups is 1. The molecule has 19 heavy (non-hydrogen) atoms. The van der Waals surface area contributed by atoms with E-state index >= 15 is 0 Å². The van der Waals surface area contributed by atoms with Gasteiger partial charge in [0.2, 0.25) is 0 Å². The van der Waals surface area contributed by atoms with Crippen LogP contribution in [0.4, 0.5) is 0 Å². The Morgan fingerprint density at radius 2 is 0.842 bits per heavy atom. The van der Waals surface area contributed by atoms with E-state index in [2.05, 4.69) is 37.2 Å². The second kappa shape index (κ2) is 23.7. The molecule has 0 aromatic carbocycles. The van der Waals surface area contributed by atoms with Gasteiger partial charge in [0, 0.05) is 6.38 Å². The van der Waals surface area contributed by atoms with Crippen LogP contribution in [0.5, 0.6) is 0 Å². The molecule has 0 aromatic rings. The third-order valence-electron chi connectivity index (χ3n) is 3.28. The lowest BCUT2D eigenvalue weighted by molar-refractivity contribution is 0.624. The van der Waals surface area contributed by atoms with E-state index in [1.807, 2.05) is 0 Å². The molecule has 0 nitrogen and oxygen atoms in total. The maximum Gasteiger partial charge on any atom is 0.0108 e. The van der Waals surface area contributed by atoms with Crippen molar-refractivity contribution >= 4 is 23.4 Å². The summed E-state index contributed by atoms with van der Waals surface area (Å²) in [6.45, 7) is 4.58. The first kappa shape index (κ1) is 21.9. The van der Waals surface area contributed by atoms with E-state index in [4.69, 9.17) is 0 Å². The fourth-order valence-corrected chi connectivity index (χ4v) is 3.09. The van der Waals surface area contributed by atoms with Crippen LogP contribution in [0.3, 0.4) is 0 Å². The topological polar surface area (TPSA) is 0 Å². The first-order chi connectivity index (χ1) is 9.41. The molecule has 0 aliphatic carbocycles. The molecule has 0 atom stereocenters. The van der Waals surface area contributed by atoms with E-state index in [-0.39, 0.29) is 0 Å². The first-order valence-corrected chi connectivity index (χ1v) is 10.3. The summed E-state index contributed by atoms with van der Waals surface area (Å²) < 4.78 is 0. The molecular formula is C17H37ClS.